The van der Waals surface area contributed by atoms with Crippen LogP contribution in [0.5, 0.6) is 0 Å². The van der Waals surface area contributed by atoms with E-state index in [1.165, 1.54) is 89.9 Å². The number of nitrogens with zero attached hydrogens (tertiary/aromatic N) is 1. The number of phosphoric ester groups is 1. The maximum absolute atomic E-state index is 12.0. The Kier molecular flexibility index (Phi) is 18.1. The first-order valence-electron chi connectivity index (χ1n) is 14.0. The van der Waals surface area contributed by atoms with Crippen LogP contribution in [-0.4, -0.2) is 60.5 Å². The topological polar surface area (TPSA) is 76.0 Å². The third-order valence-corrected chi connectivity index (χ3v) is 8.16. The zero-order valence-electron chi connectivity index (χ0n) is 21.9. The zero-order valence-corrected chi connectivity index (χ0v) is 22.7. The first-order valence-corrected chi connectivity index (χ1v) is 15.5. The summed E-state index contributed by atoms with van der Waals surface area (Å²) in [5, 5.41) is 9.63. The van der Waals surface area contributed by atoms with E-state index in [2.05, 4.69) is 14.0 Å². The standard InChI is InChI=1S/C26H54NO5P/c1-3-4-5-6-7-8-9-10-11-12-13-14-15-16-17-18-24-31-33(29,30)32-25-23-27(2)21-19-26(28)20-22-27/h26,28H,3-25H2,1-2H3/p+1. The molecule has 0 aromatic heterocycles. The number of piperidine rings is 1. The van der Waals surface area contributed by atoms with Gasteiger partial charge in [-0.15, -0.1) is 0 Å². The maximum Gasteiger partial charge on any atom is 0.472 e. The van der Waals surface area contributed by atoms with Gasteiger partial charge in [-0.3, -0.25) is 9.05 Å². The van der Waals surface area contributed by atoms with Gasteiger partial charge in [0.1, 0.15) is 13.2 Å². The van der Waals surface area contributed by atoms with Crippen molar-refractivity contribution < 1.29 is 28.1 Å². The first kappa shape index (κ1) is 31.1. The summed E-state index contributed by atoms with van der Waals surface area (Å²) in [4.78, 5) is 9.86. The molecule has 1 aliphatic heterocycles. The van der Waals surface area contributed by atoms with Gasteiger partial charge in [-0.05, 0) is 6.42 Å². The van der Waals surface area contributed by atoms with Gasteiger partial charge in [-0.25, -0.2) is 4.57 Å². The Balaban J connectivity index is 1.84. The van der Waals surface area contributed by atoms with Crippen molar-refractivity contribution in [2.45, 2.75) is 129 Å². The molecular weight excluding hydrogens is 437 g/mol. The van der Waals surface area contributed by atoms with Crippen LogP contribution in [0.15, 0.2) is 0 Å². The molecular formula is C26H55NO5P+. The molecule has 1 heterocycles. The molecule has 2 N–H and O–H groups in total. The maximum atomic E-state index is 12.0. The van der Waals surface area contributed by atoms with Crippen molar-refractivity contribution >= 4 is 7.82 Å². The fourth-order valence-corrected chi connectivity index (χ4v) is 5.39. The lowest BCUT2D eigenvalue weighted by molar-refractivity contribution is -0.915. The molecule has 0 radical (unpaired) electrons. The molecule has 0 aromatic carbocycles. The highest BCUT2D eigenvalue weighted by Crippen LogP contribution is 2.43. The smallest absolute Gasteiger partial charge is 0.393 e. The number of hydrogen-bond acceptors (Lipinski definition) is 4. The van der Waals surface area contributed by atoms with Crippen LogP contribution in [0.4, 0.5) is 0 Å². The van der Waals surface area contributed by atoms with Crippen LogP contribution in [0.25, 0.3) is 0 Å². The van der Waals surface area contributed by atoms with Gasteiger partial charge >= 0.3 is 7.82 Å². The van der Waals surface area contributed by atoms with Crippen LogP contribution < -0.4 is 0 Å². The van der Waals surface area contributed by atoms with E-state index in [-0.39, 0.29) is 19.3 Å². The van der Waals surface area contributed by atoms with Crippen molar-refractivity contribution in [2.75, 3.05) is 39.9 Å². The van der Waals surface area contributed by atoms with Crippen LogP contribution in [0.1, 0.15) is 122 Å². The largest absolute Gasteiger partial charge is 0.472 e. The molecule has 0 amide bonds. The second kappa shape index (κ2) is 19.2. The summed E-state index contributed by atoms with van der Waals surface area (Å²) in [5.74, 6) is 0. The number of likely N-dealkylation sites (tertiary alicyclic amines) is 1. The summed E-state index contributed by atoms with van der Waals surface area (Å²) in [5.41, 5.74) is 0. The number of likely N-dealkylation sites (N-methyl/N-ethyl adjacent to an activating group) is 1. The summed E-state index contributed by atoms with van der Waals surface area (Å²) >= 11 is 0. The summed E-state index contributed by atoms with van der Waals surface area (Å²) < 4.78 is 23.1. The van der Waals surface area contributed by atoms with Crippen LogP contribution in [0.2, 0.25) is 0 Å². The van der Waals surface area contributed by atoms with Gasteiger partial charge in [0.15, 0.2) is 0 Å². The Morgan fingerprint density at radius 2 is 1.12 bits per heavy atom. The fourth-order valence-electron chi connectivity index (χ4n) is 4.65. The second-order valence-corrected chi connectivity index (χ2v) is 11.9. The minimum atomic E-state index is -3.95. The molecule has 1 unspecified atom stereocenters. The Morgan fingerprint density at radius 1 is 0.727 bits per heavy atom. The molecule has 198 valence electrons. The third kappa shape index (κ3) is 18.0. The molecule has 0 spiro atoms. The van der Waals surface area contributed by atoms with Crippen LogP contribution in [-0.2, 0) is 13.6 Å². The SMILES string of the molecule is CCCCCCCCCCCCCCCCCCOP(=O)(O)OCC[N+]1(C)CCC(O)CC1. The summed E-state index contributed by atoms with van der Waals surface area (Å²) in [7, 11) is -1.85. The van der Waals surface area contributed by atoms with Crippen molar-refractivity contribution in [3.05, 3.63) is 0 Å². The van der Waals surface area contributed by atoms with E-state index in [9.17, 15) is 14.6 Å². The van der Waals surface area contributed by atoms with Gasteiger partial charge in [-0.2, -0.15) is 0 Å². The highest BCUT2D eigenvalue weighted by molar-refractivity contribution is 7.47. The quantitative estimate of drug-likeness (QED) is 0.0968. The number of hydrogen-bond donors (Lipinski definition) is 2. The van der Waals surface area contributed by atoms with Gasteiger partial charge in [0.05, 0.1) is 32.8 Å². The summed E-state index contributed by atoms with van der Waals surface area (Å²) in [6, 6.07) is 0. The van der Waals surface area contributed by atoms with Gasteiger partial charge in [-0.1, -0.05) is 103 Å². The molecule has 1 saturated heterocycles. The number of aliphatic hydroxyl groups excluding tert-OH is 1. The van der Waals surface area contributed by atoms with E-state index in [0.29, 0.717) is 6.54 Å². The van der Waals surface area contributed by atoms with E-state index >= 15 is 0 Å². The van der Waals surface area contributed by atoms with Crippen molar-refractivity contribution in [3.8, 4) is 0 Å². The molecule has 0 saturated carbocycles. The zero-order chi connectivity index (χ0) is 24.3. The molecule has 7 heteroatoms. The summed E-state index contributed by atoms with van der Waals surface area (Å²) in [6.07, 6.45) is 22.2. The van der Waals surface area contributed by atoms with E-state index in [0.717, 1.165) is 43.3 Å². The van der Waals surface area contributed by atoms with Gasteiger partial charge in [0.2, 0.25) is 0 Å². The summed E-state index contributed by atoms with van der Waals surface area (Å²) in [6.45, 7) is 5.18. The molecule has 1 atom stereocenters. The van der Waals surface area contributed by atoms with Crippen molar-refractivity contribution in [1.29, 1.82) is 0 Å². The minimum Gasteiger partial charge on any atom is -0.393 e. The average molecular weight is 493 g/mol. The van der Waals surface area contributed by atoms with Crippen molar-refractivity contribution in [2.24, 2.45) is 0 Å². The van der Waals surface area contributed by atoms with E-state index < -0.39 is 7.82 Å². The van der Waals surface area contributed by atoms with Gasteiger partial charge < -0.3 is 14.5 Å². The lowest BCUT2D eigenvalue weighted by Crippen LogP contribution is -2.52. The molecule has 0 aliphatic carbocycles. The normalized spacial score (nSPS) is 23.0. The Hall–Kier alpha value is 0.0300. The number of aliphatic hydroxyl groups is 1. The Labute approximate surface area is 204 Å². The lowest BCUT2D eigenvalue weighted by atomic mass is 10.0. The highest BCUT2D eigenvalue weighted by Gasteiger charge is 2.30. The number of phosphoric acid groups is 1. The van der Waals surface area contributed by atoms with E-state index in [1.54, 1.807) is 0 Å². The van der Waals surface area contributed by atoms with E-state index in [4.69, 9.17) is 9.05 Å². The fraction of sp³-hybridized carbons (Fsp3) is 1.00. The molecule has 0 bridgehead atoms. The first-order chi connectivity index (χ1) is 15.9. The van der Waals surface area contributed by atoms with Crippen LogP contribution >= 0.6 is 7.82 Å². The van der Waals surface area contributed by atoms with Crippen LogP contribution in [0.3, 0.4) is 0 Å². The predicted octanol–water partition coefficient (Wildman–Crippen LogP) is 6.98. The monoisotopic (exact) mass is 492 g/mol. The Bertz CT molecular complexity index is 497. The van der Waals surface area contributed by atoms with Gasteiger partial charge in [0.25, 0.3) is 0 Å². The third-order valence-electron chi connectivity index (χ3n) is 7.14. The average Bonchev–Trinajstić information content (AvgIpc) is 2.78. The van der Waals surface area contributed by atoms with Crippen molar-refractivity contribution in [1.82, 2.24) is 0 Å². The predicted molar refractivity (Wildman–Crippen MR) is 137 cm³/mol. The Morgan fingerprint density at radius 3 is 1.58 bits per heavy atom. The van der Waals surface area contributed by atoms with Gasteiger partial charge in [0, 0.05) is 12.8 Å². The van der Waals surface area contributed by atoms with E-state index in [1.807, 2.05) is 0 Å². The second-order valence-electron chi connectivity index (χ2n) is 10.5. The highest BCUT2D eigenvalue weighted by atomic mass is 31.2. The molecule has 1 rings (SSSR count). The minimum absolute atomic E-state index is 0.205. The number of quaternary nitrogens is 1. The van der Waals surface area contributed by atoms with Crippen LogP contribution in [0, 0.1) is 0 Å². The molecule has 1 fully saturated rings. The molecule has 1 aliphatic rings. The lowest BCUT2D eigenvalue weighted by Gasteiger charge is -2.39. The molecule has 33 heavy (non-hydrogen) atoms. The van der Waals surface area contributed by atoms with Crippen molar-refractivity contribution in [3.63, 3.8) is 0 Å². The molecule has 6 nitrogen and oxygen atoms in total. The number of rotatable bonds is 22. The molecule has 0 aromatic rings. The number of unbranched alkanes of at least 4 members (excludes halogenated alkanes) is 15.